The van der Waals surface area contributed by atoms with E-state index >= 15 is 0 Å². The van der Waals surface area contributed by atoms with Crippen molar-refractivity contribution in [2.45, 2.75) is 32.4 Å². The molecule has 0 fully saturated rings. The van der Waals surface area contributed by atoms with Crippen molar-refractivity contribution in [3.63, 3.8) is 0 Å². The highest BCUT2D eigenvalue weighted by Gasteiger charge is 2.23. The Labute approximate surface area is 172 Å². The molecule has 1 atom stereocenters. The van der Waals surface area contributed by atoms with Crippen LogP contribution in [0.25, 0.3) is 16.7 Å². The molecule has 2 aromatic heterocycles. The summed E-state index contributed by atoms with van der Waals surface area (Å²) in [5, 5.41) is 22.4. The zero-order chi connectivity index (χ0) is 21.3. The third-order valence-corrected chi connectivity index (χ3v) is 5.01. The number of nitriles is 1. The number of imidazole rings is 1. The molecule has 0 saturated heterocycles. The normalized spacial score (nSPS) is 14.4. The van der Waals surface area contributed by atoms with Crippen LogP contribution < -0.4 is 11.1 Å². The van der Waals surface area contributed by atoms with Crippen LogP contribution in [0.4, 0.5) is 16.0 Å². The molecule has 1 aliphatic carbocycles. The van der Waals surface area contributed by atoms with Crippen molar-refractivity contribution in [2.24, 2.45) is 0 Å². The summed E-state index contributed by atoms with van der Waals surface area (Å²) in [5.41, 5.74) is 8.03. The minimum atomic E-state index is -0.492. The van der Waals surface area contributed by atoms with Crippen molar-refractivity contribution in [3.05, 3.63) is 59.5 Å². The zero-order valence-corrected chi connectivity index (χ0v) is 16.3. The average molecular weight is 405 g/mol. The van der Waals surface area contributed by atoms with Crippen molar-refractivity contribution in [2.75, 3.05) is 11.1 Å². The number of halogens is 1. The summed E-state index contributed by atoms with van der Waals surface area (Å²) in [5.74, 6) is 0.467. The van der Waals surface area contributed by atoms with Gasteiger partial charge >= 0.3 is 0 Å². The minimum absolute atomic E-state index is 0.0817. The van der Waals surface area contributed by atoms with Gasteiger partial charge in [-0.1, -0.05) is 12.2 Å². The van der Waals surface area contributed by atoms with E-state index in [1.54, 1.807) is 6.07 Å². The van der Waals surface area contributed by atoms with E-state index in [0.717, 1.165) is 18.5 Å². The Kier molecular flexibility index (Phi) is 5.16. The molecule has 0 spiro atoms. The minimum Gasteiger partial charge on any atom is -0.391 e. The number of nitrogens with zero attached hydrogens (tertiary/aromatic N) is 5. The number of fused-ring (bicyclic) bond motifs is 1. The first-order valence-electron chi connectivity index (χ1n) is 9.50. The lowest BCUT2D eigenvalue weighted by molar-refractivity contribution is 0.277. The molecule has 0 saturated carbocycles. The number of hydrogen-bond donors (Lipinski definition) is 3. The van der Waals surface area contributed by atoms with Crippen LogP contribution in [-0.4, -0.2) is 24.6 Å². The standard InChI is InChI=1S/C21H20FN7O/c1-12(27-20-14(9-23)19(24)25-11-26-20)21-28-17-8-7-16(22)15(10-30)18(17)29(21)13-5-3-2-4-6-13/h3,5-8,11-12,30H,2,4,10H2,1H3,(H3,24,25,26,27). The Morgan fingerprint density at radius 3 is 2.90 bits per heavy atom. The number of nitrogen functional groups attached to an aromatic ring is 1. The second-order valence-electron chi connectivity index (χ2n) is 6.93. The van der Waals surface area contributed by atoms with E-state index in [2.05, 4.69) is 15.3 Å². The Morgan fingerprint density at radius 2 is 2.20 bits per heavy atom. The number of benzene rings is 1. The van der Waals surface area contributed by atoms with Crippen LogP contribution in [0.2, 0.25) is 0 Å². The molecule has 4 rings (SSSR count). The number of hydrogen-bond acceptors (Lipinski definition) is 7. The number of nitrogens with two attached hydrogens (primary N) is 1. The molecule has 0 amide bonds. The zero-order valence-electron chi connectivity index (χ0n) is 16.3. The summed E-state index contributed by atoms with van der Waals surface area (Å²) in [7, 11) is 0. The number of aliphatic hydroxyl groups excluding tert-OH is 1. The van der Waals surface area contributed by atoms with Gasteiger partial charge in [0.15, 0.2) is 0 Å². The van der Waals surface area contributed by atoms with Crippen molar-refractivity contribution in [3.8, 4) is 6.07 Å². The first-order valence-corrected chi connectivity index (χ1v) is 9.50. The quantitative estimate of drug-likeness (QED) is 0.595. The fourth-order valence-electron chi connectivity index (χ4n) is 3.58. The molecule has 30 heavy (non-hydrogen) atoms. The summed E-state index contributed by atoms with van der Waals surface area (Å²) in [4.78, 5) is 12.7. The van der Waals surface area contributed by atoms with Gasteiger partial charge in [0.05, 0.1) is 23.7 Å². The SMILES string of the molecule is CC(Nc1ncnc(N)c1C#N)c1nc2ccc(F)c(CO)c2n1C1=CCCC=C1. The Balaban J connectivity index is 1.89. The van der Waals surface area contributed by atoms with E-state index in [9.17, 15) is 14.8 Å². The maximum atomic E-state index is 14.4. The van der Waals surface area contributed by atoms with Gasteiger partial charge in [0, 0.05) is 11.3 Å². The van der Waals surface area contributed by atoms with E-state index in [0.29, 0.717) is 16.9 Å². The smallest absolute Gasteiger partial charge is 0.150 e. The van der Waals surface area contributed by atoms with E-state index < -0.39 is 18.5 Å². The summed E-state index contributed by atoms with van der Waals surface area (Å²) < 4.78 is 16.3. The van der Waals surface area contributed by atoms with Gasteiger partial charge in [0.1, 0.15) is 41.2 Å². The summed E-state index contributed by atoms with van der Waals surface area (Å²) in [6.07, 6.45) is 9.09. The topological polar surface area (TPSA) is 126 Å². The monoisotopic (exact) mass is 405 g/mol. The number of aliphatic hydroxyl groups is 1. The van der Waals surface area contributed by atoms with Gasteiger partial charge in [0.2, 0.25) is 0 Å². The molecule has 1 aliphatic rings. The van der Waals surface area contributed by atoms with Crippen molar-refractivity contribution in [1.29, 1.82) is 5.26 Å². The predicted octanol–water partition coefficient (Wildman–Crippen LogP) is 3.28. The van der Waals surface area contributed by atoms with Crippen LogP contribution in [-0.2, 0) is 6.61 Å². The number of rotatable bonds is 5. The van der Waals surface area contributed by atoms with Crippen molar-refractivity contribution in [1.82, 2.24) is 19.5 Å². The molecule has 8 nitrogen and oxygen atoms in total. The molecule has 2 heterocycles. The Bertz CT molecular complexity index is 1220. The molecule has 1 unspecified atom stereocenters. The molecule has 4 N–H and O–H groups in total. The predicted molar refractivity (Wildman–Crippen MR) is 111 cm³/mol. The van der Waals surface area contributed by atoms with E-state index in [1.807, 2.05) is 35.8 Å². The maximum absolute atomic E-state index is 14.4. The first kappa shape index (κ1) is 19.5. The molecule has 0 bridgehead atoms. The van der Waals surface area contributed by atoms with Crippen LogP contribution in [0.15, 0.2) is 36.7 Å². The summed E-state index contributed by atoms with van der Waals surface area (Å²) >= 11 is 0. The van der Waals surface area contributed by atoms with Gasteiger partial charge in [-0.15, -0.1) is 0 Å². The fraction of sp³-hybridized carbons (Fsp3) is 0.238. The van der Waals surface area contributed by atoms with Crippen molar-refractivity contribution < 1.29 is 9.50 Å². The van der Waals surface area contributed by atoms with Crippen LogP contribution >= 0.6 is 0 Å². The van der Waals surface area contributed by atoms with Crippen LogP contribution in [0.5, 0.6) is 0 Å². The number of nitrogens with one attached hydrogen (secondary N) is 1. The van der Waals surface area contributed by atoms with Crippen LogP contribution in [0, 0.1) is 17.1 Å². The second-order valence-corrected chi connectivity index (χ2v) is 6.93. The average Bonchev–Trinajstić information content (AvgIpc) is 3.14. The first-order chi connectivity index (χ1) is 14.5. The molecule has 9 heteroatoms. The molecule has 152 valence electrons. The largest absolute Gasteiger partial charge is 0.391 e. The Hall–Kier alpha value is -3.77. The molecule has 3 aromatic rings. The highest BCUT2D eigenvalue weighted by molar-refractivity contribution is 5.85. The lowest BCUT2D eigenvalue weighted by atomic mass is 10.1. The third-order valence-electron chi connectivity index (χ3n) is 5.01. The highest BCUT2D eigenvalue weighted by atomic mass is 19.1. The fourth-order valence-corrected chi connectivity index (χ4v) is 3.58. The summed E-state index contributed by atoms with van der Waals surface area (Å²) in [6, 6.07) is 4.49. The maximum Gasteiger partial charge on any atom is 0.150 e. The van der Waals surface area contributed by atoms with Crippen molar-refractivity contribution >= 4 is 28.4 Å². The molecular formula is C21H20FN7O. The van der Waals surface area contributed by atoms with Gasteiger partial charge in [-0.3, -0.25) is 4.57 Å². The van der Waals surface area contributed by atoms with Gasteiger partial charge in [-0.2, -0.15) is 5.26 Å². The number of anilines is 2. The van der Waals surface area contributed by atoms with Gasteiger partial charge in [-0.05, 0) is 38.0 Å². The number of allylic oxidation sites excluding steroid dienone is 4. The van der Waals surface area contributed by atoms with Crippen LogP contribution in [0.1, 0.15) is 42.8 Å². The molecule has 0 aliphatic heterocycles. The molecule has 0 radical (unpaired) electrons. The van der Waals surface area contributed by atoms with Gasteiger partial charge in [0.25, 0.3) is 0 Å². The lowest BCUT2D eigenvalue weighted by Crippen LogP contribution is -2.16. The Morgan fingerprint density at radius 1 is 1.37 bits per heavy atom. The third kappa shape index (κ3) is 3.27. The molecule has 1 aromatic carbocycles. The number of aromatic nitrogens is 4. The van der Waals surface area contributed by atoms with E-state index in [1.165, 1.54) is 12.4 Å². The lowest BCUT2D eigenvalue weighted by Gasteiger charge is -2.20. The van der Waals surface area contributed by atoms with E-state index in [4.69, 9.17) is 10.7 Å². The van der Waals surface area contributed by atoms with Gasteiger partial charge in [-0.25, -0.2) is 19.3 Å². The molecular weight excluding hydrogens is 385 g/mol. The second kappa shape index (κ2) is 7.93. The highest BCUT2D eigenvalue weighted by Crippen LogP contribution is 2.32. The van der Waals surface area contributed by atoms with Crippen LogP contribution in [0.3, 0.4) is 0 Å². The summed E-state index contributed by atoms with van der Waals surface area (Å²) in [6.45, 7) is 1.41. The van der Waals surface area contributed by atoms with E-state index in [-0.39, 0.29) is 22.8 Å². The van der Waals surface area contributed by atoms with Gasteiger partial charge < -0.3 is 16.2 Å².